The smallest absolute Gasteiger partial charge is 0.327 e. The monoisotopic (exact) mass is 434 g/mol. The van der Waals surface area contributed by atoms with E-state index in [4.69, 9.17) is 15.9 Å². The highest BCUT2D eigenvalue weighted by Gasteiger charge is 2.37. The van der Waals surface area contributed by atoms with Crippen molar-refractivity contribution in [2.75, 3.05) is 18.9 Å². The van der Waals surface area contributed by atoms with Crippen molar-refractivity contribution < 1.29 is 39.3 Å². The molecule has 3 amide bonds. The molecule has 0 spiro atoms. The van der Waals surface area contributed by atoms with E-state index in [2.05, 4.69) is 23.3 Å². The topological polar surface area (TPSA) is 199 Å². The molecule has 7 N–H and O–H groups in total. The predicted molar refractivity (Wildman–Crippen MR) is 102 cm³/mol. The number of nitrogens with one attached hydrogen (secondary N) is 2. The number of aliphatic hydroxyl groups excluding tert-OH is 1. The van der Waals surface area contributed by atoms with Crippen LogP contribution in [-0.2, 0) is 24.0 Å². The first-order valence-electron chi connectivity index (χ1n) is 8.95. The lowest BCUT2D eigenvalue weighted by molar-refractivity contribution is -0.143. The number of nitrogens with zero attached hydrogens (tertiary/aromatic N) is 1. The fraction of sp³-hybridized carbons (Fsp3) is 0.688. The second-order valence-corrected chi connectivity index (χ2v) is 6.92. The van der Waals surface area contributed by atoms with Gasteiger partial charge in [0.15, 0.2) is 0 Å². The third-order valence-corrected chi connectivity index (χ3v) is 4.80. The van der Waals surface area contributed by atoms with Gasteiger partial charge in [-0.2, -0.15) is 12.6 Å². The number of thiol groups is 1. The molecule has 0 aromatic carbocycles. The summed E-state index contributed by atoms with van der Waals surface area (Å²) < 4.78 is 0. The Morgan fingerprint density at radius 1 is 1.14 bits per heavy atom. The van der Waals surface area contributed by atoms with Crippen molar-refractivity contribution in [3.63, 3.8) is 0 Å². The van der Waals surface area contributed by atoms with Crippen LogP contribution in [0.4, 0.5) is 0 Å². The van der Waals surface area contributed by atoms with Crippen LogP contribution in [0.25, 0.3) is 0 Å². The largest absolute Gasteiger partial charge is 0.481 e. The molecule has 4 atom stereocenters. The van der Waals surface area contributed by atoms with Crippen LogP contribution >= 0.6 is 12.6 Å². The molecule has 1 aliphatic heterocycles. The highest BCUT2D eigenvalue weighted by Crippen LogP contribution is 2.19. The summed E-state index contributed by atoms with van der Waals surface area (Å²) in [5.74, 6) is -4.79. The van der Waals surface area contributed by atoms with Crippen molar-refractivity contribution in [1.82, 2.24) is 15.5 Å². The molecule has 13 heteroatoms. The lowest BCUT2D eigenvalue weighted by Gasteiger charge is -2.28. The Morgan fingerprint density at radius 2 is 1.79 bits per heavy atom. The van der Waals surface area contributed by atoms with E-state index in [0.717, 1.165) is 0 Å². The number of carboxylic acids is 2. The standard InChI is InChI=1S/C16H26N4O8S/c17-8(3-4-12(22)23)15(26)20-5-1-2-11(20)14(25)18-9(6-21)13(24)19-10(7-29)16(27)28/h8-11,21,29H,1-7,17H2,(H,18,25)(H,19,24)(H,22,23)(H,27,28)/t8-,9-,10-,11-/m0/s1. The molecule has 29 heavy (non-hydrogen) atoms. The molecule has 1 fully saturated rings. The second kappa shape index (κ2) is 11.6. The van der Waals surface area contributed by atoms with Crippen molar-refractivity contribution in [3.05, 3.63) is 0 Å². The van der Waals surface area contributed by atoms with Crippen LogP contribution in [0.3, 0.4) is 0 Å². The zero-order valence-corrected chi connectivity index (χ0v) is 16.5. The summed E-state index contributed by atoms with van der Waals surface area (Å²) in [6, 6.07) is -4.72. The van der Waals surface area contributed by atoms with Gasteiger partial charge in [0.05, 0.1) is 12.6 Å². The number of carbonyl (C=O) groups excluding carboxylic acids is 3. The molecule has 0 aromatic heterocycles. The Morgan fingerprint density at radius 3 is 2.31 bits per heavy atom. The van der Waals surface area contributed by atoms with Crippen LogP contribution in [0.1, 0.15) is 25.7 Å². The first-order valence-corrected chi connectivity index (χ1v) is 9.58. The van der Waals surface area contributed by atoms with Crippen molar-refractivity contribution >= 4 is 42.3 Å². The minimum Gasteiger partial charge on any atom is -0.481 e. The zero-order chi connectivity index (χ0) is 22.1. The highest BCUT2D eigenvalue weighted by atomic mass is 32.1. The van der Waals surface area contributed by atoms with Crippen molar-refractivity contribution in [3.8, 4) is 0 Å². The lowest BCUT2D eigenvalue weighted by Crippen LogP contribution is -2.57. The Labute approximate surface area is 172 Å². The number of aliphatic carboxylic acids is 2. The van der Waals surface area contributed by atoms with Gasteiger partial charge in [0, 0.05) is 18.7 Å². The maximum absolute atomic E-state index is 12.5. The van der Waals surface area contributed by atoms with E-state index in [1.165, 1.54) is 4.90 Å². The molecule has 0 aromatic rings. The van der Waals surface area contributed by atoms with E-state index in [1.807, 2.05) is 0 Å². The molecule has 1 aliphatic rings. The van der Waals surface area contributed by atoms with Crippen LogP contribution in [0.15, 0.2) is 0 Å². The maximum Gasteiger partial charge on any atom is 0.327 e. The predicted octanol–water partition coefficient (Wildman–Crippen LogP) is -2.85. The normalized spacial score (nSPS) is 19.1. The fourth-order valence-corrected chi connectivity index (χ4v) is 3.09. The molecule has 0 radical (unpaired) electrons. The van der Waals surface area contributed by atoms with Gasteiger partial charge in [0.1, 0.15) is 18.1 Å². The van der Waals surface area contributed by atoms with Crippen molar-refractivity contribution in [1.29, 1.82) is 0 Å². The molecular formula is C16H26N4O8S. The number of aliphatic hydroxyl groups is 1. The summed E-state index contributed by atoms with van der Waals surface area (Å²) >= 11 is 3.81. The molecule has 164 valence electrons. The van der Waals surface area contributed by atoms with Gasteiger partial charge in [0.25, 0.3) is 0 Å². The van der Waals surface area contributed by atoms with Gasteiger partial charge in [-0.15, -0.1) is 0 Å². The number of rotatable bonds is 11. The quantitative estimate of drug-likeness (QED) is 0.167. The summed E-state index contributed by atoms with van der Waals surface area (Å²) in [6.07, 6.45) is 0.435. The molecule has 0 saturated carbocycles. The summed E-state index contributed by atoms with van der Waals surface area (Å²) in [5.41, 5.74) is 5.73. The summed E-state index contributed by atoms with van der Waals surface area (Å²) in [7, 11) is 0. The summed E-state index contributed by atoms with van der Waals surface area (Å²) in [4.78, 5) is 60.0. The van der Waals surface area contributed by atoms with Crippen LogP contribution in [0.2, 0.25) is 0 Å². The van der Waals surface area contributed by atoms with E-state index in [-0.39, 0.29) is 25.1 Å². The summed E-state index contributed by atoms with van der Waals surface area (Å²) in [6.45, 7) is -0.538. The minimum atomic E-state index is -1.41. The van der Waals surface area contributed by atoms with E-state index >= 15 is 0 Å². The lowest BCUT2D eigenvalue weighted by atomic mass is 10.1. The number of nitrogens with two attached hydrogens (primary N) is 1. The average Bonchev–Trinajstić information content (AvgIpc) is 3.16. The first kappa shape index (κ1) is 24.7. The van der Waals surface area contributed by atoms with Gasteiger partial charge in [-0.05, 0) is 19.3 Å². The first-order chi connectivity index (χ1) is 13.6. The molecule has 1 rings (SSSR count). The maximum atomic E-state index is 12.5. The van der Waals surface area contributed by atoms with Gasteiger partial charge >= 0.3 is 11.9 Å². The van der Waals surface area contributed by atoms with Crippen molar-refractivity contribution in [2.24, 2.45) is 5.73 Å². The molecule has 0 unspecified atom stereocenters. The molecule has 0 aliphatic carbocycles. The number of hydrogen-bond acceptors (Lipinski definition) is 8. The molecule has 1 heterocycles. The summed E-state index contributed by atoms with van der Waals surface area (Å²) in [5, 5.41) is 31.5. The molecule has 0 bridgehead atoms. The zero-order valence-electron chi connectivity index (χ0n) is 15.6. The van der Waals surface area contributed by atoms with Crippen LogP contribution in [0.5, 0.6) is 0 Å². The third-order valence-electron chi connectivity index (χ3n) is 4.44. The van der Waals surface area contributed by atoms with Gasteiger partial charge in [-0.3, -0.25) is 19.2 Å². The molecule has 12 nitrogen and oxygen atoms in total. The van der Waals surface area contributed by atoms with Crippen molar-refractivity contribution in [2.45, 2.75) is 49.9 Å². The Balaban J connectivity index is 2.74. The Kier molecular flexibility index (Phi) is 9.85. The van der Waals surface area contributed by atoms with Gasteiger partial charge in [-0.25, -0.2) is 4.79 Å². The number of carboxylic acid groups (broad SMARTS) is 2. The van der Waals surface area contributed by atoms with Gasteiger partial charge in [-0.1, -0.05) is 0 Å². The van der Waals surface area contributed by atoms with E-state index in [9.17, 15) is 29.1 Å². The Bertz CT molecular complexity index is 646. The number of hydrogen-bond donors (Lipinski definition) is 7. The highest BCUT2D eigenvalue weighted by molar-refractivity contribution is 7.80. The number of carbonyl (C=O) groups is 5. The van der Waals surface area contributed by atoms with Crippen LogP contribution < -0.4 is 16.4 Å². The average molecular weight is 434 g/mol. The molecule has 1 saturated heterocycles. The van der Waals surface area contributed by atoms with Gasteiger partial charge < -0.3 is 36.6 Å². The molecular weight excluding hydrogens is 408 g/mol. The van der Waals surface area contributed by atoms with Gasteiger partial charge in [0.2, 0.25) is 17.7 Å². The van der Waals surface area contributed by atoms with Crippen LogP contribution in [0, 0.1) is 0 Å². The van der Waals surface area contributed by atoms with E-state index < -0.39 is 60.4 Å². The SMILES string of the molecule is N[C@@H](CCC(=O)O)C(=O)N1CCC[C@H]1C(=O)N[C@@H](CO)C(=O)N[C@@H](CS)C(=O)O. The Hall–Kier alpha value is -2.38. The third kappa shape index (κ3) is 7.18. The van der Waals surface area contributed by atoms with Crippen LogP contribution in [-0.4, -0.2) is 93.0 Å². The van der Waals surface area contributed by atoms with E-state index in [1.54, 1.807) is 0 Å². The number of amides is 3. The minimum absolute atomic E-state index is 0.0824. The fourth-order valence-electron chi connectivity index (χ4n) is 2.84. The number of likely N-dealkylation sites (tertiary alicyclic amines) is 1. The van der Waals surface area contributed by atoms with E-state index in [0.29, 0.717) is 12.8 Å². The second-order valence-electron chi connectivity index (χ2n) is 6.55.